The van der Waals surface area contributed by atoms with Gasteiger partial charge in [0.25, 0.3) is 0 Å². The summed E-state index contributed by atoms with van der Waals surface area (Å²) in [6.45, 7) is 11.0. The van der Waals surface area contributed by atoms with Gasteiger partial charge < -0.3 is 14.2 Å². The lowest BCUT2D eigenvalue weighted by atomic mass is 10.1. The molecule has 0 unspecified atom stereocenters. The van der Waals surface area contributed by atoms with Crippen LogP contribution in [0.4, 0.5) is 0 Å². The van der Waals surface area contributed by atoms with Crippen molar-refractivity contribution in [2.45, 2.75) is 40.0 Å². The first-order valence-corrected chi connectivity index (χ1v) is 6.50. The number of hydrogen-bond donors (Lipinski definition) is 0. The fourth-order valence-corrected chi connectivity index (χ4v) is 1.11. The van der Waals surface area contributed by atoms with Crippen molar-refractivity contribution in [3.63, 3.8) is 0 Å². The lowest BCUT2D eigenvalue weighted by Gasteiger charge is -2.07. The number of unbranched alkanes of at least 4 members (excludes halogenated alkanes) is 1. The minimum atomic E-state index is 0.676. The SMILES string of the molecule is CCCCOCCOCCOCCC(C)C. The molecule has 16 heavy (non-hydrogen) atoms. The third kappa shape index (κ3) is 13.9. The van der Waals surface area contributed by atoms with Gasteiger partial charge in [-0.3, -0.25) is 0 Å². The molecule has 0 aromatic rings. The van der Waals surface area contributed by atoms with E-state index < -0.39 is 0 Å². The van der Waals surface area contributed by atoms with Crippen molar-refractivity contribution in [3.8, 4) is 0 Å². The predicted molar refractivity (Wildman–Crippen MR) is 66.8 cm³/mol. The average Bonchev–Trinajstić information content (AvgIpc) is 2.25. The first-order chi connectivity index (χ1) is 7.77. The fraction of sp³-hybridized carbons (Fsp3) is 1.00. The molecule has 3 heteroatoms. The molecule has 0 aromatic carbocycles. The molecule has 0 aliphatic rings. The van der Waals surface area contributed by atoms with Gasteiger partial charge >= 0.3 is 0 Å². The Morgan fingerprint density at radius 3 is 1.75 bits per heavy atom. The van der Waals surface area contributed by atoms with Crippen LogP contribution in [0.1, 0.15) is 40.0 Å². The van der Waals surface area contributed by atoms with Crippen LogP contribution in [0.5, 0.6) is 0 Å². The van der Waals surface area contributed by atoms with Gasteiger partial charge in [-0.05, 0) is 18.8 Å². The summed E-state index contributed by atoms with van der Waals surface area (Å²) < 4.78 is 16.2. The van der Waals surface area contributed by atoms with E-state index in [9.17, 15) is 0 Å². The Kier molecular flexibility index (Phi) is 12.9. The normalized spacial score (nSPS) is 11.2. The smallest absolute Gasteiger partial charge is 0.0701 e. The molecule has 0 rings (SSSR count). The molecule has 0 spiro atoms. The zero-order valence-corrected chi connectivity index (χ0v) is 11.2. The highest BCUT2D eigenvalue weighted by molar-refractivity contribution is 4.42. The first-order valence-electron chi connectivity index (χ1n) is 6.50. The summed E-state index contributed by atoms with van der Waals surface area (Å²) in [7, 11) is 0. The molecule has 0 aromatic heterocycles. The fourth-order valence-electron chi connectivity index (χ4n) is 1.11. The van der Waals surface area contributed by atoms with Crippen LogP contribution in [0, 0.1) is 5.92 Å². The Morgan fingerprint density at radius 1 is 0.750 bits per heavy atom. The Hall–Kier alpha value is -0.120. The van der Waals surface area contributed by atoms with Crippen LogP contribution in [-0.2, 0) is 14.2 Å². The molecule has 0 heterocycles. The van der Waals surface area contributed by atoms with Gasteiger partial charge in [-0.25, -0.2) is 0 Å². The van der Waals surface area contributed by atoms with Gasteiger partial charge in [0.2, 0.25) is 0 Å². The highest BCUT2D eigenvalue weighted by atomic mass is 16.5. The molecule has 0 fully saturated rings. The summed E-state index contributed by atoms with van der Waals surface area (Å²) in [6.07, 6.45) is 3.45. The van der Waals surface area contributed by atoms with E-state index >= 15 is 0 Å². The third-order valence-corrected chi connectivity index (χ3v) is 2.23. The molecule has 0 atom stereocenters. The van der Waals surface area contributed by atoms with Crippen molar-refractivity contribution < 1.29 is 14.2 Å². The Labute approximate surface area is 100 Å². The number of ether oxygens (including phenoxy) is 3. The molecular weight excluding hydrogens is 204 g/mol. The molecule has 0 N–H and O–H groups in total. The second-order valence-electron chi connectivity index (χ2n) is 4.37. The maximum absolute atomic E-state index is 5.42. The summed E-state index contributed by atoms with van der Waals surface area (Å²) in [5.74, 6) is 0.716. The summed E-state index contributed by atoms with van der Waals surface area (Å²) in [5, 5.41) is 0. The molecule has 0 amide bonds. The van der Waals surface area contributed by atoms with Crippen molar-refractivity contribution in [3.05, 3.63) is 0 Å². The largest absolute Gasteiger partial charge is 0.379 e. The van der Waals surface area contributed by atoms with Crippen molar-refractivity contribution in [2.75, 3.05) is 39.6 Å². The zero-order valence-electron chi connectivity index (χ0n) is 11.2. The summed E-state index contributed by atoms with van der Waals surface area (Å²) in [4.78, 5) is 0. The second kappa shape index (κ2) is 12.9. The topological polar surface area (TPSA) is 27.7 Å². The maximum Gasteiger partial charge on any atom is 0.0701 e. The van der Waals surface area contributed by atoms with Crippen molar-refractivity contribution in [1.82, 2.24) is 0 Å². The van der Waals surface area contributed by atoms with E-state index in [0.29, 0.717) is 32.3 Å². The molecule has 0 bridgehead atoms. The van der Waals surface area contributed by atoms with E-state index in [0.717, 1.165) is 26.1 Å². The number of rotatable bonds is 12. The highest BCUT2D eigenvalue weighted by Gasteiger charge is 1.94. The monoisotopic (exact) mass is 232 g/mol. The van der Waals surface area contributed by atoms with E-state index in [1.54, 1.807) is 0 Å². The average molecular weight is 232 g/mol. The van der Waals surface area contributed by atoms with Gasteiger partial charge in [0.15, 0.2) is 0 Å². The predicted octanol–water partition coefficient (Wildman–Crippen LogP) is 2.88. The minimum absolute atomic E-state index is 0.676. The highest BCUT2D eigenvalue weighted by Crippen LogP contribution is 1.98. The van der Waals surface area contributed by atoms with Crippen LogP contribution in [0.25, 0.3) is 0 Å². The molecule has 0 aliphatic heterocycles. The van der Waals surface area contributed by atoms with Gasteiger partial charge in [0.1, 0.15) is 0 Å². The molecule has 98 valence electrons. The molecule has 0 saturated carbocycles. The van der Waals surface area contributed by atoms with E-state index in [4.69, 9.17) is 14.2 Å². The number of hydrogen-bond acceptors (Lipinski definition) is 3. The minimum Gasteiger partial charge on any atom is -0.379 e. The summed E-state index contributed by atoms with van der Waals surface area (Å²) in [5.41, 5.74) is 0. The third-order valence-electron chi connectivity index (χ3n) is 2.23. The standard InChI is InChI=1S/C13H28O3/c1-4-5-7-14-9-11-16-12-10-15-8-6-13(2)3/h13H,4-12H2,1-3H3. The quantitative estimate of drug-likeness (QED) is 0.484. The van der Waals surface area contributed by atoms with Crippen LogP contribution in [0.15, 0.2) is 0 Å². The Bertz CT molecular complexity index is 126. The first kappa shape index (κ1) is 15.9. The Balaban J connectivity index is 2.88. The van der Waals surface area contributed by atoms with E-state index in [1.807, 2.05) is 0 Å². The maximum atomic E-state index is 5.42. The van der Waals surface area contributed by atoms with Crippen LogP contribution < -0.4 is 0 Å². The summed E-state index contributed by atoms with van der Waals surface area (Å²) in [6, 6.07) is 0. The lowest BCUT2D eigenvalue weighted by molar-refractivity contribution is 0.0124. The van der Waals surface area contributed by atoms with Crippen molar-refractivity contribution in [1.29, 1.82) is 0 Å². The lowest BCUT2D eigenvalue weighted by Crippen LogP contribution is -2.10. The van der Waals surface area contributed by atoms with Crippen LogP contribution in [-0.4, -0.2) is 39.6 Å². The second-order valence-corrected chi connectivity index (χ2v) is 4.37. The van der Waals surface area contributed by atoms with Gasteiger partial charge in [0.05, 0.1) is 26.4 Å². The molecule has 0 radical (unpaired) electrons. The molecular formula is C13H28O3. The van der Waals surface area contributed by atoms with E-state index in [1.165, 1.54) is 6.42 Å². The van der Waals surface area contributed by atoms with Crippen molar-refractivity contribution >= 4 is 0 Å². The Morgan fingerprint density at radius 2 is 1.25 bits per heavy atom. The van der Waals surface area contributed by atoms with Gasteiger partial charge in [-0.15, -0.1) is 0 Å². The van der Waals surface area contributed by atoms with Gasteiger partial charge in [-0.2, -0.15) is 0 Å². The van der Waals surface area contributed by atoms with Gasteiger partial charge in [0, 0.05) is 13.2 Å². The van der Waals surface area contributed by atoms with Crippen LogP contribution in [0.2, 0.25) is 0 Å². The van der Waals surface area contributed by atoms with Crippen molar-refractivity contribution in [2.24, 2.45) is 5.92 Å². The molecule has 0 aliphatic carbocycles. The van der Waals surface area contributed by atoms with E-state index in [2.05, 4.69) is 20.8 Å². The molecule has 3 nitrogen and oxygen atoms in total. The van der Waals surface area contributed by atoms with Crippen LogP contribution >= 0.6 is 0 Å². The van der Waals surface area contributed by atoms with Gasteiger partial charge in [-0.1, -0.05) is 27.2 Å². The van der Waals surface area contributed by atoms with E-state index in [-0.39, 0.29) is 0 Å². The zero-order chi connectivity index (χ0) is 12.1. The summed E-state index contributed by atoms with van der Waals surface area (Å²) >= 11 is 0. The molecule has 0 saturated heterocycles. The van der Waals surface area contributed by atoms with Crippen LogP contribution in [0.3, 0.4) is 0 Å².